The van der Waals surface area contributed by atoms with Crippen LogP contribution >= 0.6 is 0 Å². The highest BCUT2D eigenvalue weighted by atomic mass is 19.1. The fourth-order valence-electron chi connectivity index (χ4n) is 2.74. The third kappa shape index (κ3) is 4.24. The molecule has 0 atom stereocenters. The van der Waals surface area contributed by atoms with Crippen LogP contribution in [-0.2, 0) is 6.61 Å². The van der Waals surface area contributed by atoms with Crippen molar-refractivity contribution in [3.05, 3.63) is 83.9 Å². The fourth-order valence-corrected chi connectivity index (χ4v) is 2.74. The van der Waals surface area contributed by atoms with Crippen molar-refractivity contribution < 1.29 is 22.8 Å². The Bertz CT molecular complexity index is 1140. The summed E-state index contributed by atoms with van der Waals surface area (Å²) >= 11 is 0. The van der Waals surface area contributed by atoms with Crippen molar-refractivity contribution in [3.8, 4) is 34.3 Å². The number of aromatic nitrogens is 2. The summed E-state index contributed by atoms with van der Waals surface area (Å²) in [4.78, 5) is 4.42. The Hall–Kier alpha value is -3.74. The lowest BCUT2D eigenvalue weighted by Gasteiger charge is -2.08. The summed E-state index contributed by atoms with van der Waals surface area (Å²) in [6, 6.07) is 17.7. The molecule has 29 heavy (non-hydrogen) atoms. The first-order valence-electron chi connectivity index (χ1n) is 8.77. The second-order valence-electron chi connectivity index (χ2n) is 6.21. The largest absolute Gasteiger partial charge is 0.497 e. The van der Waals surface area contributed by atoms with E-state index >= 15 is 0 Å². The van der Waals surface area contributed by atoms with Crippen LogP contribution in [0.1, 0.15) is 5.56 Å². The Morgan fingerprint density at radius 3 is 2.45 bits per heavy atom. The summed E-state index contributed by atoms with van der Waals surface area (Å²) in [6.07, 6.45) is 0. The van der Waals surface area contributed by atoms with Gasteiger partial charge in [0.25, 0.3) is 5.89 Å². The van der Waals surface area contributed by atoms with Gasteiger partial charge in [-0.05, 0) is 42.5 Å². The molecule has 4 rings (SSSR count). The van der Waals surface area contributed by atoms with E-state index in [9.17, 15) is 8.78 Å². The van der Waals surface area contributed by atoms with E-state index < -0.39 is 11.6 Å². The van der Waals surface area contributed by atoms with Crippen LogP contribution < -0.4 is 9.47 Å². The van der Waals surface area contributed by atoms with Crippen LogP contribution in [0.5, 0.6) is 11.5 Å². The van der Waals surface area contributed by atoms with Crippen LogP contribution in [-0.4, -0.2) is 17.3 Å². The second kappa shape index (κ2) is 8.10. The van der Waals surface area contributed by atoms with Gasteiger partial charge in [-0.2, -0.15) is 4.98 Å². The molecule has 0 radical (unpaired) electrons. The standard InChI is InChI=1S/C22H16F2N2O3/c1-27-18-6-3-5-15(11-18)22-25-21(26-29-22)14-4-2-7-19(10-14)28-13-16-8-9-17(23)12-20(16)24/h2-12H,13H2,1H3. The van der Waals surface area contributed by atoms with Gasteiger partial charge in [0.05, 0.1) is 7.11 Å². The van der Waals surface area contributed by atoms with Crippen molar-refractivity contribution in [2.45, 2.75) is 6.61 Å². The Kier molecular flexibility index (Phi) is 5.20. The summed E-state index contributed by atoms with van der Waals surface area (Å²) in [5.41, 5.74) is 1.68. The zero-order chi connectivity index (χ0) is 20.2. The zero-order valence-electron chi connectivity index (χ0n) is 15.4. The van der Waals surface area contributed by atoms with Crippen molar-refractivity contribution >= 4 is 0 Å². The van der Waals surface area contributed by atoms with E-state index in [4.69, 9.17) is 14.0 Å². The van der Waals surface area contributed by atoms with E-state index in [2.05, 4.69) is 10.1 Å². The van der Waals surface area contributed by atoms with Gasteiger partial charge in [-0.1, -0.05) is 23.4 Å². The summed E-state index contributed by atoms with van der Waals surface area (Å²) < 4.78 is 43.0. The fraction of sp³-hybridized carbons (Fsp3) is 0.0909. The lowest BCUT2D eigenvalue weighted by Crippen LogP contribution is -1.99. The average molecular weight is 394 g/mol. The van der Waals surface area contributed by atoms with Crippen molar-refractivity contribution in [1.82, 2.24) is 10.1 Å². The quantitative estimate of drug-likeness (QED) is 0.446. The van der Waals surface area contributed by atoms with Gasteiger partial charge in [-0.15, -0.1) is 0 Å². The first-order valence-corrected chi connectivity index (χ1v) is 8.77. The normalized spacial score (nSPS) is 10.7. The minimum atomic E-state index is -0.651. The Morgan fingerprint density at radius 1 is 0.897 bits per heavy atom. The van der Waals surface area contributed by atoms with Gasteiger partial charge in [-0.25, -0.2) is 8.78 Å². The highest BCUT2D eigenvalue weighted by Gasteiger charge is 2.12. The van der Waals surface area contributed by atoms with Crippen LogP contribution in [0.25, 0.3) is 22.8 Å². The van der Waals surface area contributed by atoms with Crippen LogP contribution in [0.4, 0.5) is 8.78 Å². The number of ether oxygens (including phenoxy) is 2. The average Bonchev–Trinajstić information content (AvgIpc) is 3.24. The number of hydrogen-bond donors (Lipinski definition) is 0. The van der Waals surface area contributed by atoms with Gasteiger partial charge < -0.3 is 14.0 Å². The molecule has 0 bridgehead atoms. The topological polar surface area (TPSA) is 57.4 Å². The third-order valence-electron chi connectivity index (χ3n) is 4.24. The molecule has 4 aromatic rings. The van der Waals surface area contributed by atoms with Gasteiger partial charge >= 0.3 is 0 Å². The summed E-state index contributed by atoms with van der Waals surface area (Å²) in [6.45, 7) is -0.0309. The van der Waals surface area contributed by atoms with E-state index in [1.54, 1.807) is 31.4 Å². The highest BCUT2D eigenvalue weighted by Crippen LogP contribution is 2.27. The third-order valence-corrected chi connectivity index (χ3v) is 4.24. The number of hydrogen-bond acceptors (Lipinski definition) is 5. The summed E-state index contributed by atoms with van der Waals surface area (Å²) in [5.74, 6) is 0.656. The lowest BCUT2D eigenvalue weighted by atomic mass is 10.2. The minimum Gasteiger partial charge on any atom is -0.497 e. The second-order valence-corrected chi connectivity index (χ2v) is 6.21. The maximum absolute atomic E-state index is 13.8. The minimum absolute atomic E-state index is 0.0309. The van der Waals surface area contributed by atoms with Crippen molar-refractivity contribution in [3.63, 3.8) is 0 Å². The summed E-state index contributed by atoms with van der Waals surface area (Å²) in [5, 5.41) is 4.02. The van der Waals surface area contributed by atoms with E-state index in [1.807, 2.05) is 24.3 Å². The molecule has 1 heterocycles. The predicted molar refractivity (Wildman–Crippen MR) is 102 cm³/mol. The SMILES string of the molecule is COc1cccc(-c2nc(-c3cccc(OCc4ccc(F)cc4F)c3)no2)c1. The van der Waals surface area contributed by atoms with E-state index in [-0.39, 0.29) is 12.2 Å². The van der Waals surface area contributed by atoms with Crippen molar-refractivity contribution in [2.24, 2.45) is 0 Å². The van der Waals surface area contributed by atoms with Crippen LogP contribution in [0, 0.1) is 11.6 Å². The molecule has 5 nitrogen and oxygen atoms in total. The molecule has 0 aliphatic carbocycles. The number of methoxy groups -OCH3 is 1. The van der Waals surface area contributed by atoms with Crippen LogP contribution in [0.3, 0.4) is 0 Å². The van der Waals surface area contributed by atoms with Gasteiger partial charge in [0.15, 0.2) is 0 Å². The molecule has 0 fully saturated rings. The van der Waals surface area contributed by atoms with Crippen LogP contribution in [0.2, 0.25) is 0 Å². The van der Waals surface area contributed by atoms with Gasteiger partial charge in [-0.3, -0.25) is 0 Å². The Labute approximate surface area is 165 Å². The molecule has 0 saturated carbocycles. The number of benzene rings is 3. The smallest absolute Gasteiger partial charge is 0.258 e. The molecule has 146 valence electrons. The predicted octanol–water partition coefficient (Wildman–Crippen LogP) is 5.27. The Balaban J connectivity index is 1.52. The first-order chi connectivity index (χ1) is 14.1. The van der Waals surface area contributed by atoms with Gasteiger partial charge in [0, 0.05) is 22.8 Å². The van der Waals surface area contributed by atoms with Crippen molar-refractivity contribution in [1.29, 1.82) is 0 Å². The lowest BCUT2D eigenvalue weighted by molar-refractivity contribution is 0.299. The molecule has 0 spiro atoms. The number of halogens is 2. The molecule has 1 aromatic heterocycles. The first kappa shape index (κ1) is 18.6. The molecule has 0 N–H and O–H groups in total. The Morgan fingerprint density at radius 2 is 1.66 bits per heavy atom. The van der Waals surface area contributed by atoms with Gasteiger partial charge in [0.1, 0.15) is 29.7 Å². The van der Waals surface area contributed by atoms with Crippen LogP contribution in [0.15, 0.2) is 71.3 Å². The van der Waals surface area contributed by atoms with E-state index in [0.717, 1.165) is 11.6 Å². The summed E-state index contributed by atoms with van der Waals surface area (Å²) in [7, 11) is 1.58. The monoisotopic (exact) mass is 394 g/mol. The molecule has 0 amide bonds. The molecule has 0 unspecified atom stereocenters. The number of nitrogens with zero attached hydrogens (tertiary/aromatic N) is 2. The molecule has 3 aromatic carbocycles. The molecule has 0 aliphatic heterocycles. The maximum Gasteiger partial charge on any atom is 0.258 e. The van der Waals surface area contributed by atoms with E-state index in [1.165, 1.54) is 12.1 Å². The maximum atomic E-state index is 13.8. The van der Waals surface area contributed by atoms with Gasteiger partial charge in [0.2, 0.25) is 5.82 Å². The molecule has 0 aliphatic rings. The molecular weight excluding hydrogens is 378 g/mol. The molecule has 7 heteroatoms. The highest BCUT2D eigenvalue weighted by molar-refractivity contribution is 5.62. The number of rotatable bonds is 6. The molecule has 0 saturated heterocycles. The molecular formula is C22H16F2N2O3. The zero-order valence-corrected chi connectivity index (χ0v) is 15.4. The van der Waals surface area contributed by atoms with Crippen molar-refractivity contribution in [2.75, 3.05) is 7.11 Å². The van der Waals surface area contributed by atoms with E-state index in [0.29, 0.717) is 28.8 Å².